The maximum Gasteiger partial charge on any atom is 0.118 e. The molecule has 0 amide bonds. The first kappa shape index (κ1) is 18.9. The topological polar surface area (TPSA) is 33.5 Å². The average molecular weight is 393 g/mol. The number of rotatable bonds is 6. The largest absolute Gasteiger partial charge is 0.497 e. The van der Waals surface area contributed by atoms with Crippen LogP contribution < -0.4 is 4.74 Å². The van der Waals surface area contributed by atoms with Crippen LogP contribution in [0.4, 0.5) is 0 Å². The molecule has 0 spiro atoms. The van der Waals surface area contributed by atoms with E-state index in [-0.39, 0.29) is 0 Å². The van der Waals surface area contributed by atoms with Crippen molar-refractivity contribution in [1.29, 1.82) is 0 Å². The number of hydrogen-bond donors (Lipinski definition) is 0. The molecule has 2 bridgehead atoms. The molecule has 0 radical (unpaired) electrons. The van der Waals surface area contributed by atoms with Crippen LogP contribution in [0.25, 0.3) is 0 Å². The molecule has 1 aromatic heterocycles. The van der Waals surface area contributed by atoms with Crippen LogP contribution in [0.5, 0.6) is 5.75 Å². The quantitative estimate of drug-likeness (QED) is 0.705. The van der Waals surface area contributed by atoms with E-state index < -0.39 is 0 Å². The van der Waals surface area contributed by atoms with E-state index in [1.54, 1.807) is 7.11 Å². The first-order valence-electron chi connectivity index (χ1n) is 10.9. The Hall–Kier alpha value is -2.11. The van der Waals surface area contributed by atoms with E-state index in [2.05, 4.69) is 63.5 Å². The predicted octanol–water partition coefficient (Wildman–Crippen LogP) is 3.45. The van der Waals surface area contributed by atoms with Gasteiger partial charge in [0.25, 0.3) is 0 Å². The maximum atomic E-state index is 5.39. The number of fused-ring (bicyclic) bond motifs is 2. The number of aromatic nitrogens is 2. The number of piperidine rings is 3. The molecule has 2 aromatic rings. The fourth-order valence-corrected chi connectivity index (χ4v) is 6.03. The number of hydrogen-bond acceptors (Lipinski definition) is 4. The highest BCUT2D eigenvalue weighted by atomic mass is 16.5. The maximum absolute atomic E-state index is 5.39. The summed E-state index contributed by atoms with van der Waals surface area (Å²) in [5.74, 6) is 2.34. The third-order valence-corrected chi connectivity index (χ3v) is 7.52. The third-order valence-electron chi connectivity index (χ3n) is 7.52. The second kappa shape index (κ2) is 7.62. The second-order valence-electron chi connectivity index (χ2n) is 8.89. The summed E-state index contributed by atoms with van der Waals surface area (Å²) in [5, 5.41) is 4.59. The van der Waals surface area contributed by atoms with Crippen LogP contribution >= 0.6 is 0 Å². The summed E-state index contributed by atoms with van der Waals surface area (Å²) in [6.07, 6.45) is 6.68. The molecule has 29 heavy (non-hydrogen) atoms. The number of benzene rings is 1. The van der Waals surface area contributed by atoms with Crippen LogP contribution in [0.1, 0.15) is 35.6 Å². The highest BCUT2D eigenvalue weighted by Gasteiger charge is 2.53. The van der Waals surface area contributed by atoms with Gasteiger partial charge in [0.15, 0.2) is 0 Å². The Morgan fingerprint density at radius 1 is 1.17 bits per heavy atom. The summed E-state index contributed by atoms with van der Waals surface area (Å²) in [6, 6.07) is 10.1. The van der Waals surface area contributed by atoms with E-state index in [0.717, 1.165) is 31.3 Å². The monoisotopic (exact) mass is 392 g/mol. The van der Waals surface area contributed by atoms with Crippen LogP contribution in [-0.2, 0) is 13.1 Å². The van der Waals surface area contributed by atoms with Gasteiger partial charge in [0.1, 0.15) is 5.75 Å². The zero-order valence-corrected chi connectivity index (χ0v) is 17.6. The number of allylic oxidation sites excluding steroid dienone is 1. The number of nitrogens with zero attached hydrogens (tertiary/aromatic N) is 4. The lowest BCUT2D eigenvalue weighted by atomic mass is 9.75. The summed E-state index contributed by atoms with van der Waals surface area (Å²) in [4.78, 5) is 5.53. The lowest BCUT2D eigenvalue weighted by molar-refractivity contribution is -0.00874. The Morgan fingerprint density at radius 2 is 1.93 bits per heavy atom. The van der Waals surface area contributed by atoms with Crippen molar-refractivity contribution in [2.24, 2.45) is 5.92 Å². The van der Waals surface area contributed by atoms with Gasteiger partial charge in [-0.2, -0.15) is 5.10 Å². The molecule has 4 aliphatic rings. The van der Waals surface area contributed by atoms with Crippen LogP contribution in [0.3, 0.4) is 0 Å². The number of likely N-dealkylation sites (tertiary alicyclic amines) is 1. The molecular weight excluding hydrogens is 360 g/mol. The standard InChI is InChI=1S/C24H32N4O/c1-4-11-28-17(2)20(14-25-28)15-27-16-22(18-5-7-21(29-3)8-6-18)24-23(27)19-9-12-26(24)13-10-19/h4-8,14,19,22-24H,1,9-13,15-16H2,2-3H3/t22-,23+,24+/m1/s1. The zero-order valence-electron chi connectivity index (χ0n) is 17.6. The van der Waals surface area contributed by atoms with Gasteiger partial charge in [-0.25, -0.2) is 0 Å². The summed E-state index contributed by atoms with van der Waals surface area (Å²) in [6.45, 7) is 11.5. The SMILES string of the molecule is C=CCn1ncc(CN2C[C@H](c3ccc(OC)cc3)[C@H]3[C@@H]2C2CCN3CC2)c1C. The van der Waals surface area contributed by atoms with Gasteiger partial charge >= 0.3 is 0 Å². The summed E-state index contributed by atoms with van der Waals surface area (Å²) in [7, 11) is 1.74. The van der Waals surface area contributed by atoms with E-state index in [0.29, 0.717) is 18.0 Å². The molecule has 1 aromatic carbocycles. The zero-order chi connectivity index (χ0) is 20.0. The third kappa shape index (κ3) is 3.21. The van der Waals surface area contributed by atoms with Crippen molar-refractivity contribution in [2.75, 3.05) is 26.7 Å². The van der Waals surface area contributed by atoms with Gasteiger partial charge in [-0.3, -0.25) is 14.5 Å². The Labute approximate surface area is 173 Å². The van der Waals surface area contributed by atoms with Crippen molar-refractivity contribution in [1.82, 2.24) is 19.6 Å². The van der Waals surface area contributed by atoms with Gasteiger partial charge in [-0.15, -0.1) is 6.58 Å². The van der Waals surface area contributed by atoms with Crippen LogP contribution in [-0.4, -0.2) is 58.4 Å². The van der Waals surface area contributed by atoms with Gasteiger partial charge < -0.3 is 4.74 Å². The normalized spacial score (nSPS) is 31.0. The molecule has 4 fully saturated rings. The van der Waals surface area contributed by atoms with Crippen molar-refractivity contribution in [2.45, 2.75) is 50.9 Å². The molecule has 0 saturated carbocycles. The van der Waals surface area contributed by atoms with Gasteiger partial charge in [-0.05, 0) is 56.5 Å². The summed E-state index contributed by atoms with van der Waals surface area (Å²) >= 11 is 0. The minimum absolute atomic E-state index is 0.567. The molecule has 4 saturated heterocycles. The van der Waals surface area contributed by atoms with Crippen molar-refractivity contribution >= 4 is 0 Å². The molecular formula is C24H32N4O. The first-order chi connectivity index (χ1) is 14.2. The summed E-state index contributed by atoms with van der Waals surface area (Å²) in [5.41, 5.74) is 4.09. The molecule has 6 rings (SSSR count). The highest BCUT2D eigenvalue weighted by molar-refractivity contribution is 5.33. The number of ether oxygens (including phenoxy) is 1. The molecule has 5 nitrogen and oxygen atoms in total. The Morgan fingerprint density at radius 3 is 2.62 bits per heavy atom. The minimum Gasteiger partial charge on any atom is -0.497 e. The second-order valence-corrected chi connectivity index (χ2v) is 8.89. The van der Waals surface area contributed by atoms with E-state index in [1.165, 1.54) is 42.8 Å². The van der Waals surface area contributed by atoms with Crippen molar-refractivity contribution < 1.29 is 4.74 Å². The highest BCUT2D eigenvalue weighted by Crippen LogP contribution is 2.47. The molecule has 0 aliphatic carbocycles. The molecule has 3 atom stereocenters. The van der Waals surface area contributed by atoms with Gasteiger partial charge in [0, 0.05) is 42.3 Å². The van der Waals surface area contributed by atoms with Gasteiger partial charge in [0.2, 0.25) is 0 Å². The molecule has 0 unspecified atom stereocenters. The Balaban J connectivity index is 1.44. The van der Waals surface area contributed by atoms with Crippen molar-refractivity contribution in [3.8, 4) is 5.75 Å². The van der Waals surface area contributed by atoms with Crippen LogP contribution in [0, 0.1) is 12.8 Å². The fourth-order valence-electron chi connectivity index (χ4n) is 6.03. The Kier molecular flexibility index (Phi) is 4.96. The number of methoxy groups -OCH3 is 1. The first-order valence-corrected chi connectivity index (χ1v) is 10.9. The minimum atomic E-state index is 0.567. The smallest absolute Gasteiger partial charge is 0.118 e. The average Bonchev–Trinajstić information content (AvgIpc) is 3.33. The molecule has 154 valence electrons. The van der Waals surface area contributed by atoms with E-state index >= 15 is 0 Å². The summed E-state index contributed by atoms with van der Waals surface area (Å²) < 4.78 is 7.45. The fraction of sp³-hybridized carbons (Fsp3) is 0.542. The molecule has 5 heterocycles. The lowest BCUT2D eigenvalue weighted by Crippen LogP contribution is -2.59. The van der Waals surface area contributed by atoms with Gasteiger partial charge in [-0.1, -0.05) is 18.2 Å². The molecule has 0 N–H and O–H groups in total. The Bertz CT molecular complexity index is 866. The van der Waals surface area contributed by atoms with Crippen LogP contribution in [0.15, 0.2) is 43.1 Å². The molecule has 5 heteroatoms. The van der Waals surface area contributed by atoms with Crippen molar-refractivity contribution in [3.63, 3.8) is 0 Å². The lowest BCUT2D eigenvalue weighted by Gasteiger charge is -2.51. The van der Waals surface area contributed by atoms with Crippen molar-refractivity contribution in [3.05, 3.63) is 59.9 Å². The van der Waals surface area contributed by atoms with Gasteiger partial charge in [0.05, 0.1) is 19.9 Å². The molecule has 4 aliphatic heterocycles. The predicted molar refractivity (Wildman–Crippen MR) is 115 cm³/mol. The van der Waals surface area contributed by atoms with E-state index in [9.17, 15) is 0 Å². The van der Waals surface area contributed by atoms with E-state index in [1.807, 2.05) is 6.08 Å². The van der Waals surface area contributed by atoms with Crippen LogP contribution in [0.2, 0.25) is 0 Å². The van der Waals surface area contributed by atoms with E-state index in [4.69, 9.17) is 4.74 Å².